The Morgan fingerprint density at radius 1 is 1.14 bits per heavy atom. The van der Waals surface area contributed by atoms with E-state index in [1.54, 1.807) is 0 Å². The molecule has 0 spiro atoms. The highest BCUT2D eigenvalue weighted by molar-refractivity contribution is 6.41. The third-order valence-electron chi connectivity index (χ3n) is 2.49. The first kappa shape index (κ1) is 16.1. The van der Waals surface area contributed by atoms with E-state index in [0.29, 0.717) is 6.20 Å². The van der Waals surface area contributed by atoms with Crippen molar-refractivity contribution >= 4 is 34.8 Å². The summed E-state index contributed by atoms with van der Waals surface area (Å²) in [5, 5.41) is 3.22. The Morgan fingerprint density at radius 2 is 1.81 bits per heavy atom. The number of alkyl halides is 3. The summed E-state index contributed by atoms with van der Waals surface area (Å²) in [6.07, 6.45) is -2.78. The number of aromatic nitrogens is 3. The fraction of sp³-hybridized carbons (Fsp3) is 0.182. The van der Waals surface area contributed by atoms with Gasteiger partial charge in [-0.1, -0.05) is 34.8 Å². The van der Waals surface area contributed by atoms with Gasteiger partial charge in [-0.2, -0.15) is 18.3 Å². The first-order chi connectivity index (χ1) is 9.70. The lowest BCUT2D eigenvalue weighted by atomic mass is 10.2. The smallest absolute Gasteiger partial charge is 0.266 e. The molecule has 0 aliphatic rings. The Balaban J connectivity index is 2.37. The zero-order valence-electron chi connectivity index (χ0n) is 9.96. The van der Waals surface area contributed by atoms with E-state index in [0.717, 1.165) is 16.9 Å². The van der Waals surface area contributed by atoms with Gasteiger partial charge in [-0.15, -0.1) is 0 Å². The van der Waals surface area contributed by atoms with Crippen LogP contribution in [0.4, 0.5) is 13.2 Å². The molecular formula is C11H5Cl3F3N3O. The number of hydrogen-bond donors (Lipinski definition) is 0. The van der Waals surface area contributed by atoms with E-state index in [9.17, 15) is 18.0 Å². The molecular weight excluding hydrogens is 353 g/mol. The van der Waals surface area contributed by atoms with E-state index in [2.05, 4.69) is 10.1 Å². The molecule has 0 bridgehead atoms. The number of pyridine rings is 1. The minimum absolute atomic E-state index is 0.0237. The molecule has 112 valence electrons. The molecule has 0 unspecified atom stereocenters. The minimum atomic E-state index is -4.55. The van der Waals surface area contributed by atoms with Gasteiger partial charge in [0.2, 0.25) is 0 Å². The molecule has 0 fully saturated rings. The molecule has 4 nitrogen and oxygen atoms in total. The molecule has 2 heterocycles. The van der Waals surface area contributed by atoms with Crippen molar-refractivity contribution in [2.24, 2.45) is 0 Å². The molecule has 2 aromatic rings. The second-order valence-electron chi connectivity index (χ2n) is 3.92. The van der Waals surface area contributed by atoms with Crippen molar-refractivity contribution in [1.29, 1.82) is 0 Å². The quantitative estimate of drug-likeness (QED) is 0.823. The normalized spacial score (nSPS) is 11.7. The molecule has 0 radical (unpaired) electrons. The van der Waals surface area contributed by atoms with Gasteiger partial charge in [-0.25, -0.2) is 4.68 Å². The van der Waals surface area contributed by atoms with Crippen LogP contribution >= 0.6 is 34.8 Å². The number of halogens is 6. The van der Waals surface area contributed by atoms with Gasteiger partial charge in [0.1, 0.15) is 5.02 Å². The lowest BCUT2D eigenvalue weighted by Gasteiger charge is -2.10. The highest BCUT2D eigenvalue weighted by Gasteiger charge is 2.31. The Morgan fingerprint density at radius 3 is 2.38 bits per heavy atom. The molecule has 0 N–H and O–H groups in total. The molecule has 2 aromatic heterocycles. The first-order valence-corrected chi connectivity index (χ1v) is 6.46. The van der Waals surface area contributed by atoms with Crippen molar-refractivity contribution in [3.05, 3.63) is 55.1 Å². The van der Waals surface area contributed by atoms with Crippen LogP contribution in [0, 0.1) is 0 Å². The van der Waals surface area contributed by atoms with E-state index >= 15 is 0 Å². The van der Waals surface area contributed by atoms with Crippen molar-refractivity contribution in [2.45, 2.75) is 12.7 Å². The highest BCUT2D eigenvalue weighted by atomic mass is 35.5. The van der Waals surface area contributed by atoms with Crippen LogP contribution in [0.1, 0.15) is 11.3 Å². The SMILES string of the molecule is O=c1c(Cl)c(Cl)cnn1Cc1ncc(C(F)(F)F)cc1Cl. The molecule has 0 aliphatic carbocycles. The Labute approximate surface area is 131 Å². The van der Waals surface area contributed by atoms with E-state index in [1.807, 2.05) is 0 Å². The third kappa shape index (κ3) is 3.48. The molecule has 0 amide bonds. The summed E-state index contributed by atoms with van der Waals surface area (Å²) in [7, 11) is 0. The number of nitrogens with zero attached hydrogens (tertiary/aromatic N) is 3. The van der Waals surface area contributed by atoms with Gasteiger partial charge >= 0.3 is 6.18 Å². The summed E-state index contributed by atoms with van der Waals surface area (Å²) in [5.74, 6) is 0. The number of rotatable bonds is 2. The molecule has 2 rings (SSSR count). The van der Waals surface area contributed by atoms with Gasteiger partial charge in [-0.3, -0.25) is 9.78 Å². The van der Waals surface area contributed by atoms with Crippen molar-refractivity contribution < 1.29 is 13.2 Å². The fourth-order valence-corrected chi connectivity index (χ4v) is 1.93. The average molecular weight is 359 g/mol. The summed E-state index contributed by atoms with van der Waals surface area (Å²) in [6.45, 7) is -0.229. The molecule has 0 saturated heterocycles. The fourth-order valence-electron chi connectivity index (χ4n) is 1.44. The molecule has 10 heteroatoms. The summed E-state index contributed by atoms with van der Waals surface area (Å²) < 4.78 is 38.4. The third-order valence-corrected chi connectivity index (χ3v) is 3.56. The van der Waals surface area contributed by atoms with Crippen LogP contribution in [0.15, 0.2) is 23.3 Å². The van der Waals surface area contributed by atoms with Crippen molar-refractivity contribution in [2.75, 3.05) is 0 Å². The molecule has 0 aromatic carbocycles. The topological polar surface area (TPSA) is 47.8 Å². The second kappa shape index (κ2) is 5.82. The maximum atomic E-state index is 12.5. The largest absolute Gasteiger partial charge is 0.417 e. The van der Waals surface area contributed by atoms with Gasteiger partial charge in [0.05, 0.1) is 34.0 Å². The second-order valence-corrected chi connectivity index (χ2v) is 5.11. The lowest BCUT2D eigenvalue weighted by Crippen LogP contribution is -2.24. The predicted octanol–water partition coefficient (Wildman–Crippen LogP) is 3.67. The van der Waals surface area contributed by atoms with Gasteiger partial charge in [0, 0.05) is 6.20 Å². The van der Waals surface area contributed by atoms with Crippen LogP contribution < -0.4 is 5.56 Å². The standard InChI is InChI=1S/C11H5Cl3F3N3O/c12-6-1-5(11(15,16)17)2-18-8(6)4-20-10(21)9(14)7(13)3-19-20/h1-3H,4H2. The van der Waals surface area contributed by atoms with E-state index < -0.39 is 17.3 Å². The van der Waals surface area contributed by atoms with Crippen molar-refractivity contribution in [3.63, 3.8) is 0 Å². The van der Waals surface area contributed by atoms with Crippen LogP contribution in [0.25, 0.3) is 0 Å². The average Bonchev–Trinajstić information content (AvgIpc) is 2.40. The Hall–Kier alpha value is -1.31. The summed E-state index contributed by atoms with van der Waals surface area (Å²) >= 11 is 17.0. The van der Waals surface area contributed by atoms with Crippen LogP contribution in [0.5, 0.6) is 0 Å². The van der Waals surface area contributed by atoms with Gasteiger partial charge in [0.15, 0.2) is 0 Å². The first-order valence-electron chi connectivity index (χ1n) is 5.33. The number of hydrogen-bond acceptors (Lipinski definition) is 3. The maximum absolute atomic E-state index is 12.5. The van der Waals surface area contributed by atoms with Gasteiger partial charge in [0.25, 0.3) is 5.56 Å². The van der Waals surface area contributed by atoms with Crippen LogP contribution in [0.2, 0.25) is 15.1 Å². The zero-order valence-corrected chi connectivity index (χ0v) is 12.2. The molecule has 0 atom stereocenters. The summed E-state index contributed by atoms with van der Waals surface area (Å²) in [6, 6.07) is 0.729. The molecule has 0 aliphatic heterocycles. The van der Waals surface area contributed by atoms with Crippen molar-refractivity contribution in [3.8, 4) is 0 Å². The minimum Gasteiger partial charge on any atom is -0.266 e. The molecule has 0 saturated carbocycles. The predicted molar refractivity (Wildman–Crippen MR) is 71.9 cm³/mol. The zero-order chi connectivity index (χ0) is 15.8. The Kier molecular flexibility index (Phi) is 4.46. The highest BCUT2D eigenvalue weighted by Crippen LogP contribution is 2.31. The summed E-state index contributed by atoms with van der Waals surface area (Å²) in [4.78, 5) is 15.4. The monoisotopic (exact) mass is 357 g/mol. The lowest BCUT2D eigenvalue weighted by molar-refractivity contribution is -0.137. The maximum Gasteiger partial charge on any atom is 0.417 e. The van der Waals surface area contributed by atoms with Crippen LogP contribution in [-0.4, -0.2) is 14.8 Å². The van der Waals surface area contributed by atoms with Crippen LogP contribution in [-0.2, 0) is 12.7 Å². The Bertz CT molecular complexity index is 746. The molecule has 21 heavy (non-hydrogen) atoms. The van der Waals surface area contributed by atoms with Gasteiger partial charge in [-0.05, 0) is 6.07 Å². The van der Waals surface area contributed by atoms with E-state index in [4.69, 9.17) is 34.8 Å². The van der Waals surface area contributed by atoms with Crippen molar-refractivity contribution in [1.82, 2.24) is 14.8 Å². The van der Waals surface area contributed by atoms with E-state index in [1.165, 1.54) is 0 Å². The van der Waals surface area contributed by atoms with Crippen LogP contribution in [0.3, 0.4) is 0 Å². The van der Waals surface area contributed by atoms with Gasteiger partial charge < -0.3 is 0 Å². The summed E-state index contributed by atoms with van der Waals surface area (Å²) in [5.41, 5.74) is -1.62. The van der Waals surface area contributed by atoms with E-state index in [-0.39, 0.29) is 27.3 Å².